The van der Waals surface area contributed by atoms with Crippen LogP contribution in [-0.4, -0.2) is 53.7 Å². The summed E-state index contributed by atoms with van der Waals surface area (Å²) in [5.41, 5.74) is -1.95. The maximum absolute atomic E-state index is 14.9. The van der Waals surface area contributed by atoms with E-state index in [4.69, 9.17) is 22.2 Å². The molecule has 0 radical (unpaired) electrons. The van der Waals surface area contributed by atoms with E-state index in [-0.39, 0.29) is 29.5 Å². The van der Waals surface area contributed by atoms with Crippen molar-refractivity contribution in [1.82, 2.24) is 9.88 Å². The Labute approximate surface area is 217 Å². The summed E-state index contributed by atoms with van der Waals surface area (Å²) < 4.78 is 61.0. The van der Waals surface area contributed by atoms with Crippen molar-refractivity contribution in [2.45, 2.75) is 38.3 Å². The second-order valence-electron chi connectivity index (χ2n) is 8.83. The van der Waals surface area contributed by atoms with Crippen LogP contribution in [0.5, 0.6) is 5.75 Å². The summed E-state index contributed by atoms with van der Waals surface area (Å²) in [6.07, 6.45) is 0.0283. The molecule has 0 saturated carbocycles. The minimum absolute atomic E-state index is 0.0121. The van der Waals surface area contributed by atoms with Gasteiger partial charge in [-0.2, -0.15) is 18.4 Å². The Bertz CT molecular complexity index is 1210. The molecule has 4 rings (SSSR count). The summed E-state index contributed by atoms with van der Waals surface area (Å²) in [7, 11) is 0. The van der Waals surface area contributed by atoms with E-state index in [0.29, 0.717) is 31.3 Å². The first-order valence-electron chi connectivity index (χ1n) is 12.0. The molecule has 2 aromatic rings. The van der Waals surface area contributed by atoms with E-state index in [0.717, 1.165) is 37.0 Å². The Morgan fingerprint density at radius 3 is 2.51 bits per heavy atom. The standard InChI is InChI=1S/C25H25F4N5O2S/c26-20-14-17(6-7-22(20)36-12-11-32-8-2-1-3-9-32)33-10-4-5-23(35)34(24(33)37)18-13-19(25(27,28)29)21(15-30)31-16-18/h6-7,13-14,16H,1-5,8-12H2. The van der Waals surface area contributed by atoms with Crippen LogP contribution >= 0.6 is 12.2 Å². The zero-order valence-electron chi connectivity index (χ0n) is 19.9. The first-order chi connectivity index (χ1) is 17.7. The number of pyridine rings is 1. The number of benzene rings is 1. The minimum Gasteiger partial charge on any atom is -0.489 e. The average Bonchev–Trinajstić information content (AvgIpc) is 3.02. The Morgan fingerprint density at radius 2 is 1.84 bits per heavy atom. The molecule has 2 fully saturated rings. The molecule has 12 heteroatoms. The highest BCUT2D eigenvalue weighted by molar-refractivity contribution is 7.81. The number of halogens is 4. The second-order valence-corrected chi connectivity index (χ2v) is 9.20. The monoisotopic (exact) mass is 535 g/mol. The lowest BCUT2D eigenvalue weighted by Gasteiger charge is -2.30. The average molecular weight is 536 g/mol. The summed E-state index contributed by atoms with van der Waals surface area (Å²) in [5.74, 6) is -1.05. The lowest BCUT2D eigenvalue weighted by molar-refractivity contribution is -0.138. The molecule has 2 saturated heterocycles. The Morgan fingerprint density at radius 1 is 1.08 bits per heavy atom. The summed E-state index contributed by atoms with van der Waals surface area (Å²) >= 11 is 5.49. The smallest absolute Gasteiger partial charge is 0.419 e. The van der Waals surface area contributed by atoms with Gasteiger partial charge in [0.1, 0.15) is 12.7 Å². The van der Waals surface area contributed by atoms with Crippen LogP contribution in [-0.2, 0) is 11.0 Å². The van der Waals surface area contributed by atoms with Crippen molar-refractivity contribution in [3.05, 3.63) is 47.5 Å². The second kappa shape index (κ2) is 11.4. The summed E-state index contributed by atoms with van der Waals surface area (Å²) in [6.45, 7) is 3.31. The SMILES string of the molecule is N#Cc1ncc(N2C(=O)CCCN(c3ccc(OCCN4CCCCC4)c(F)c3)C2=S)cc1C(F)(F)F. The number of carbonyl (C=O) groups excluding carboxylic acids is 1. The molecule has 1 aromatic carbocycles. The van der Waals surface area contributed by atoms with E-state index in [1.54, 1.807) is 6.07 Å². The van der Waals surface area contributed by atoms with Crippen molar-refractivity contribution in [1.29, 1.82) is 5.26 Å². The molecule has 0 N–H and O–H groups in total. The predicted octanol–water partition coefficient (Wildman–Crippen LogP) is 4.89. The maximum atomic E-state index is 14.9. The highest BCUT2D eigenvalue weighted by Gasteiger charge is 2.37. The fraction of sp³-hybridized carbons (Fsp3) is 0.440. The number of anilines is 2. The van der Waals surface area contributed by atoms with Crippen molar-refractivity contribution in [3.8, 4) is 11.8 Å². The molecule has 2 aliphatic heterocycles. The number of thiocarbonyl (C=S) groups is 1. The molecule has 0 bridgehead atoms. The van der Waals surface area contributed by atoms with E-state index in [9.17, 15) is 22.4 Å². The first kappa shape index (κ1) is 26.8. The normalized spacial score (nSPS) is 17.5. The van der Waals surface area contributed by atoms with Crippen molar-refractivity contribution in [2.75, 3.05) is 42.6 Å². The number of amides is 1. The maximum Gasteiger partial charge on any atom is 0.419 e. The van der Waals surface area contributed by atoms with Crippen LogP contribution < -0.4 is 14.5 Å². The van der Waals surface area contributed by atoms with E-state index < -0.39 is 29.2 Å². The van der Waals surface area contributed by atoms with Crippen molar-refractivity contribution in [3.63, 3.8) is 0 Å². The predicted molar refractivity (Wildman–Crippen MR) is 133 cm³/mol. The van der Waals surface area contributed by atoms with Crippen LogP contribution in [0.3, 0.4) is 0 Å². The van der Waals surface area contributed by atoms with Gasteiger partial charge in [0.05, 0.1) is 17.4 Å². The lowest BCUT2D eigenvalue weighted by Crippen LogP contribution is -2.44. The summed E-state index contributed by atoms with van der Waals surface area (Å²) in [5, 5.41) is 8.91. The van der Waals surface area contributed by atoms with Crippen LogP contribution in [0.25, 0.3) is 0 Å². The molecule has 0 spiro atoms. The summed E-state index contributed by atoms with van der Waals surface area (Å²) in [6, 6.07) is 6.40. The van der Waals surface area contributed by atoms with Gasteiger partial charge in [0.15, 0.2) is 22.4 Å². The third kappa shape index (κ3) is 6.17. The highest BCUT2D eigenvalue weighted by Crippen LogP contribution is 2.35. The zero-order valence-corrected chi connectivity index (χ0v) is 20.7. The van der Waals surface area contributed by atoms with Crippen LogP contribution in [0.4, 0.5) is 28.9 Å². The van der Waals surface area contributed by atoms with Crippen molar-refractivity contribution in [2.24, 2.45) is 0 Å². The third-order valence-electron chi connectivity index (χ3n) is 6.33. The number of piperidine rings is 1. The molecule has 0 atom stereocenters. The minimum atomic E-state index is -4.85. The van der Waals surface area contributed by atoms with Crippen molar-refractivity contribution >= 4 is 34.6 Å². The number of hydrogen-bond acceptors (Lipinski definition) is 6. The molecular weight excluding hydrogens is 510 g/mol. The number of rotatable bonds is 6. The van der Waals surface area contributed by atoms with Gasteiger partial charge in [-0.05, 0) is 62.8 Å². The van der Waals surface area contributed by atoms with E-state index in [1.165, 1.54) is 29.5 Å². The number of likely N-dealkylation sites (tertiary alicyclic amines) is 1. The Balaban J connectivity index is 1.54. The van der Waals surface area contributed by atoms with Gasteiger partial charge in [0.25, 0.3) is 0 Å². The molecule has 1 aromatic heterocycles. The van der Waals surface area contributed by atoms with Crippen LogP contribution in [0.1, 0.15) is 43.4 Å². The molecule has 3 heterocycles. The fourth-order valence-electron chi connectivity index (χ4n) is 4.44. The van der Waals surface area contributed by atoms with Gasteiger partial charge < -0.3 is 9.64 Å². The van der Waals surface area contributed by atoms with Gasteiger partial charge in [0.2, 0.25) is 5.91 Å². The van der Waals surface area contributed by atoms with E-state index >= 15 is 0 Å². The van der Waals surface area contributed by atoms with Crippen LogP contribution in [0.2, 0.25) is 0 Å². The number of nitriles is 1. The number of ether oxygens (including phenoxy) is 1. The topological polar surface area (TPSA) is 72.7 Å². The lowest BCUT2D eigenvalue weighted by atomic mass is 10.1. The van der Waals surface area contributed by atoms with Crippen LogP contribution in [0.15, 0.2) is 30.5 Å². The number of carbonyl (C=O) groups is 1. The molecule has 2 aliphatic rings. The molecule has 7 nitrogen and oxygen atoms in total. The van der Waals surface area contributed by atoms with Gasteiger partial charge in [-0.15, -0.1) is 0 Å². The molecule has 196 valence electrons. The number of hydrogen-bond donors (Lipinski definition) is 0. The first-order valence-corrected chi connectivity index (χ1v) is 12.4. The summed E-state index contributed by atoms with van der Waals surface area (Å²) in [4.78, 5) is 21.1. The van der Waals surface area contributed by atoms with Gasteiger partial charge in [-0.1, -0.05) is 6.42 Å². The van der Waals surface area contributed by atoms with Gasteiger partial charge in [-0.25, -0.2) is 9.37 Å². The quantitative estimate of drug-likeness (QED) is 0.385. The van der Waals surface area contributed by atoms with Gasteiger partial charge in [0, 0.05) is 31.3 Å². The fourth-order valence-corrected chi connectivity index (χ4v) is 4.84. The largest absolute Gasteiger partial charge is 0.489 e. The zero-order chi connectivity index (χ0) is 26.6. The Hall–Kier alpha value is -3.30. The number of aromatic nitrogens is 1. The van der Waals surface area contributed by atoms with Crippen LogP contribution in [0, 0.1) is 17.1 Å². The molecular formula is C25H25F4N5O2S. The third-order valence-corrected chi connectivity index (χ3v) is 6.73. The Kier molecular flexibility index (Phi) is 8.24. The molecule has 1 amide bonds. The highest BCUT2D eigenvalue weighted by atomic mass is 32.1. The van der Waals surface area contributed by atoms with Crippen molar-refractivity contribution < 1.29 is 27.1 Å². The number of alkyl halides is 3. The molecule has 0 aliphatic carbocycles. The van der Waals surface area contributed by atoms with Gasteiger partial charge >= 0.3 is 6.18 Å². The van der Waals surface area contributed by atoms with E-state index in [2.05, 4.69) is 9.88 Å². The van der Waals surface area contributed by atoms with Gasteiger partial charge in [-0.3, -0.25) is 14.6 Å². The number of nitrogens with zero attached hydrogens (tertiary/aromatic N) is 5. The molecule has 37 heavy (non-hydrogen) atoms. The van der Waals surface area contributed by atoms with E-state index in [1.807, 2.05) is 0 Å². The molecule has 0 unspecified atom stereocenters.